The number of aryl methyl sites for hydroxylation is 2. The molecule has 100 valence electrons. The van der Waals surface area contributed by atoms with Crippen LogP contribution in [0.1, 0.15) is 22.8 Å². The Bertz CT molecular complexity index is 781. The maximum Gasteiger partial charge on any atom is 0.145 e. The van der Waals surface area contributed by atoms with Gasteiger partial charge >= 0.3 is 0 Å². The Balaban J connectivity index is 1.99. The summed E-state index contributed by atoms with van der Waals surface area (Å²) in [5.74, 6) is 0.489. The van der Waals surface area contributed by atoms with E-state index in [1.165, 1.54) is 0 Å². The zero-order valence-electron chi connectivity index (χ0n) is 11.6. The molecular weight excluding hydrogens is 248 g/mol. The molecule has 2 aromatic heterocycles. The van der Waals surface area contributed by atoms with Gasteiger partial charge in [0.25, 0.3) is 0 Å². The second kappa shape index (κ2) is 4.89. The second-order valence-corrected chi connectivity index (χ2v) is 4.90. The largest absolute Gasteiger partial charge is 0.382 e. The molecule has 0 fully saturated rings. The maximum absolute atomic E-state index is 5.95. The lowest BCUT2D eigenvalue weighted by Gasteiger charge is -2.08. The van der Waals surface area contributed by atoms with Gasteiger partial charge < -0.3 is 5.73 Å². The molecule has 0 aliphatic rings. The summed E-state index contributed by atoms with van der Waals surface area (Å²) in [6.07, 6.45) is 0.602. The quantitative estimate of drug-likeness (QED) is 0.773. The van der Waals surface area contributed by atoms with Crippen molar-refractivity contribution in [2.45, 2.75) is 20.3 Å². The van der Waals surface area contributed by atoms with E-state index in [9.17, 15) is 0 Å². The molecule has 0 aliphatic carbocycles. The minimum Gasteiger partial charge on any atom is -0.382 e. The van der Waals surface area contributed by atoms with E-state index >= 15 is 0 Å². The van der Waals surface area contributed by atoms with E-state index in [1.807, 2.05) is 38.1 Å². The minimum absolute atomic E-state index is 0.489. The van der Waals surface area contributed by atoms with Gasteiger partial charge in [0, 0.05) is 17.5 Å². The van der Waals surface area contributed by atoms with Crippen molar-refractivity contribution in [2.24, 2.45) is 0 Å². The number of nitrogens with two attached hydrogens (primary N) is 1. The molecule has 1 aromatic carbocycles. The highest BCUT2D eigenvalue weighted by Gasteiger charge is 2.08. The van der Waals surface area contributed by atoms with Crippen LogP contribution in [-0.4, -0.2) is 15.0 Å². The number of rotatable bonds is 2. The number of benzene rings is 1. The Kier molecular flexibility index (Phi) is 3.06. The van der Waals surface area contributed by atoms with Gasteiger partial charge in [0.15, 0.2) is 0 Å². The Hall–Kier alpha value is -2.49. The number of hydrogen-bond donors (Lipinski definition) is 1. The zero-order valence-corrected chi connectivity index (χ0v) is 11.6. The number of fused-ring (bicyclic) bond motifs is 1. The summed E-state index contributed by atoms with van der Waals surface area (Å²) in [7, 11) is 0. The number of aromatic nitrogens is 3. The third kappa shape index (κ3) is 2.32. The van der Waals surface area contributed by atoms with E-state index in [1.54, 1.807) is 0 Å². The standard InChI is InChI=1S/C16H16N4/c1-10-11(2)19-16(17)15(18-10)9-13-8-7-12-5-3-4-6-14(12)20-13/h3-8H,9H2,1-2H3,(H2,17,19). The topological polar surface area (TPSA) is 64.7 Å². The van der Waals surface area contributed by atoms with Gasteiger partial charge in [-0.15, -0.1) is 0 Å². The molecule has 0 unspecified atom stereocenters. The molecule has 3 rings (SSSR count). The van der Waals surface area contributed by atoms with Crippen molar-refractivity contribution in [3.8, 4) is 0 Å². The van der Waals surface area contributed by atoms with Gasteiger partial charge in [0.1, 0.15) is 5.82 Å². The first kappa shape index (κ1) is 12.5. The number of anilines is 1. The molecule has 20 heavy (non-hydrogen) atoms. The van der Waals surface area contributed by atoms with Crippen LogP contribution < -0.4 is 5.73 Å². The molecule has 0 bridgehead atoms. The summed E-state index contributed by atoms with van der Waals surface area (Å²) in [6.45, 7) is 3.86. The Morgan fingerprint density at radius 3 is 2.50 bits per heavy atom. The Morgan fingerprint density at radius 1 is 0.900 bits per heavy atom. The third-order valence-electron chi connectivity index (χ3n) is 3.41. The lowest BCUT2D eigenvalue weighted by Crippen LogP contribution is -2.06. The zero-order chi connectivity index (χ0) is 14.1. The van der Waals surface area contributed by atoms with Crippen LogP contribution in [0.4, 0.5) is 5.82 Å². The van der Waals surface area contributed by atoms with E-state index in [2.05, 4.69) is 27.1 Å². The fraction of sp³-hybridized carbons (Fsp3) is 0.188. The predicted octanol–water partition coefficient (Wildman–Crippen LogP) is 2.81. The smallest absolute Gasteiger partial charge is 0.145 e. The molecule has 0 atom stereocenters. The van der Waals surface area contributed by atoms with Crippen LogP contribution in [-0.2, 0) is 6.42 Å². The van der Waals surface area contributed by atoms with Crippen molar-refractivity contribution in [2.75, 3.05) is 5.73 Å². The van der Waals surface area contributed by atoms with E-state index in [-0.39, 0.29) is 0 Å². The van der Waals surface area contributed by atoms with E-state index < -0.39 is 0 Å². The number of para-hydroxylation sites is 1. The van der Waals surface area contributed by atoms with Crippen molar-refractivity contribution < 1.29 is 0 Å². The van der Waals surface area contributed by atoms with Gasteiger partial charge in [-0.2, -0.15) is 0 Å². The van der Waals surface area contributed by atoms with Gasteiger partial charge in [-0.1, -0.05) is 24.3 Å². The number of hydrogen-bond acceptors (Lipinski definition) is 4. The monoisotopic (exact) mass is 264 g/mol. The Labute approximate surface area is 117 Å². The van der Waals surface area contributed by atoms with Crippen molar-refractivity contribution in [3.05, 3.63) is 59.2 Å². The molecule has 2 N–H and O–H groups in total. The van der Waals surface area contributed by atoms with Gasteiger partial charge in [0.05, 0.1) is 22.6 Å². The van der Waals surface area contributed by atoms with Crippen molar-refractivity contribution in [1.82, 2.24) is 15.0 Å². The van der Waals surface area contributed by atoms with Crippen LogP contribution in [0.15, 0.2) is 36.4 Å². The van der Waals surface area contributed by atoms with Crippen LogP contribution in [0.5, 0.6) is 0 Å². The van der Waals surface area contributed by atoms with Gasteiger partial charge in [-0.05, 0) is 26.0 Å². The predicted molar refractivity (Wildman–Crippen MR) is 80.5 cm³/mol. The third-order valence-corrected chi connectivity index (χ3v) is 3.41. The Morgan fingerprint density at radius 2 is 1.65 bits per heavy atom. The summed E-state index contributed by atoms with van der Waals surface area (Å²) in [6, 6.07) is 12.1. The van der Waals surface area contributed by atoms with E-state index in [4.69, 9.17) is 5.73 Å². The van der Waals surface area contributed by atoms with Gasteiger partial charge in [-0.25, -0.2) is 4.98 Å². The minimum atomic E-state index is 0.489. The number of nitrogen functional groups attached to an aromatic ring is 1. The molecule has 0 amide bonds. The molecule has 4 heteroatoms. The second-order valence-electron chi connectivity index (χ2n) is 4.90. The molecule has 0 radical (unpaired) electrons. The molecule has 0 saturated heterocycles. The molecular formula is C16H16N4. The highest BCUT2D eigenvalue weighted by Crippen LogP contribution is 2.16. The summed E-state index contributed by atoms with van der Waals surface area (Å²) < 4.78 is 0. The van der Waals surface area contributed by atoms with Gasteiger partial charge in [0.2, 0.25) is 0 Å². The van der Waals surface area contributed by atoms with Crippen molar-refractivity contribution in [3.63, 3.8) is 0 Å². The molecule has 2 heterocycles. The van der Waals surface area contributed by atoms with Crippen LogP contribution in [0.25, 0.3) is 10.9 Å². The summed E-state index contributed by atoms with van der Waals surface area (Å²) in [5.41, 5.74) is 10.5. The first-order valence-corrected chi connectivity index (χ1v) is 6.58. The average molecular weight is 264 g/mol. The fourth-order valence-electron chi connectivity index (χ4n) is 2.18. The average Bonchev–Trinajstić information content (AvgIpc) is 2.44. The first-order chi connectivity index (χ1) is 9.63. The lowest BCUT2D eigenvalue weighted by atomic mass is 10.1. The summed E-state index contributed by atoms with van der Waals surface area (Å²) in [4.78, 5) is 13.5. The normalized spacial score (nSPS) is 10.9. The van der Waals surface area contributed by atoms with Crippen LogP contribution in [0.3, 0.4) is 0 Å². The highest BCUT2D eigenvalue weighted by molar-refractivity contribution is 5.78. The van der Waals surface area contributed by atoms with E-state index in [0.29, 0.717) is 12.2 Å². The molecule has 0 aliphatic heterocycles. The van der Waals surface area contributed by atoms with Crippen LogP contribution >= 0.6 is 0 Å². The van der Waals surface area contributed by atoms with Crippen molar-refractivity contribution in [1.29, 1.82) is 0 Å². The number of nitrogens with zero attached hydrogens (tertiary/aromatic N) is 3. The fourth-order valence-corrected chi connectivity index (χ4v) is 2.18. The highest BCUT2D eigenvalue weighted by atomic mass is 14.9. The van der Waals surface area contributed by atoms with Crippen LogP contribution in [0, 0.1) is 13.8 Å². The van der Waals surface area contributed by atoms with Gasteiger partial charge in [-0.3, -0.25) is 9.97 Å². The maximum atomic E-state index is 5.95. The van der Waals surface area contributed by atoms with E-state index in [0.717, 1.165) is 33.7 Å². The lowest BCUT2D eigenvalue weighted by molar-refractivity contribution is 0.952. The summed E-state index contributed by atoms with van der Waals surface area (Å²) in [5, 5.41) is 1.13. The molecule has 0 saturated carbocycles. The molecule has 3 aromatic rings. The molecule has 4 nitrogen and oxygen atoms in total. The summed E-state index contributed by atoms with van der Waals surface area (Å²) >= 11 is 0. The van der Waals surface area contributed by atoms with Crippen molar-refractivity contribution >= 4 is 16.7 Å². The SMILES string of the molecule is Cc1nc(N)c(Cc2ccc3ccccc3n2)nc1C. The first-order valence-electron chi connectivity index (χ1n) is 6.58. The van der Waals surface area contributed by atoms with Crippen LogP contribution in [0.2, 0.25) is 0 Å². The number of pyridine rings is 1. The molecule has 0 spiro atoms.